The second-order valence-electron chi connectivity index (χ2n) is 3.47. The number of benzene rings is 1. The van der Waals surface area contributed by atoms with E-state index in [9.17, 15) is 4.79 Å². The van der Waals surface area contributed by atoms with Crippen molar-refractivity contribution >= 4 is 13.6 Å². The summed E-state index contributed by atoms with van der Waals surface area (Å²) < 4.78 is 5.24. The van der Waals surface area contributed by atoms with Crippen LogP contribution in [0, 0.1) is 0 Å². The van der Waals surface area contributed by atoms with Crippen LogP contribution in [-0.4, -0.2) is 20.7 Å². The average molecular weight is 203 g/mol. The lowest BCUT2D eigenvalue weighted by Crippen LogP contribution is -1.99. The molecule has 1 rings (SSSR count). The number of hydrogen-bond donors (Lipinski definition) is 0. The summed E-state index contributed by atoms with van der Waals surface area (Å²) in [5.74, 6) is 0.798. The number of carbonyl (C=O) groups excluding carboxylic acids is 1. The first-order valence-electron chi connectivity index (χ1n) is 5.25. The highest BCUT2D eigenvalue weighted by Crippen LogP contribution is 2.20. The molecule has 0 fully saturated rings. The van der Waals surface area contributed by atoms with Gasteiger partial charge in [-0.1, -0.05) is 38.1 Å². The van der Waals surface area contributed by atoms with Crippen LogP contribution in [0.5, 0.6) is 5.75 Å². The van der Waals surface area contributed by atoms with Crippen LogP contribution in [-0.2, 0) is 6.32 Å². The van der Waals surface area contributed by atoms with Gasteiger partial charge in [0.1, 0.15) is 19.3 Å². The maximum Gasteiger partial charge on any atom is 0.150 e. The lowest BCUT2D eigenvalue weighted by atomic mass is 9.68. The first-order valence-corrected chi connectivity index (χ1v) is 5.25. The highest BCUT2D eigenvalue weighted by Gasteiger charge is 2.04. The Labute approximate surface area is 91.9 Å². The molecule has 3 heteroatoms. The van der Waals surface area contributed by atoms with Gasteiger partial charge < -0.3 is 4.74 Å². The fraction of sp³-hybridized carbons (Fsp3) is 0.417. The summed E-state index contributed by atoms with van der Waals surface area (Å²) in [4.78, 5) is 10.6. The quantitative estimate of drug-likeness (QED) is 0.403. The molecule has 1 radical (unpaired) electrons. The van der Waals surface area contributed by atoms with Gasteiger partial charge in [-0.2, -0.15) is 0 Å². The van der Waals surface area contributed by atoms with Crippen LogP contribution in [0.4, 0.5) is 0 Å². The highest BCUT2D eigenvalue weighted by molar-refractivity contribution is 6.34. The second kappa shape index (κ2) is 6.28. The van der Waals surface area contributed by atoms with E-state index in [-0.39, 0.29) is 0 Å². The van der Waals surface area contributed by atoms with E-state index in [0.717, 1.165) is 36.7 Å². The van der Waals surface area contributed by atoms with E-state index in [1.165, 1.54) is 0 Å². The van der Waals surface area contributed by atoms with Crippen LogP contribution >= 0.6 is 0 Å². The van der Waals surface area contributed by atoms with E-state index >= 15 is 0 Å². The van der Waals surface area contributed by atoms with Gasteiger partial charge in [0.15, 0.2) is 0 Å². The van der Waals surface area contributed by atoms with Gasteiger partial charge in [0.2, 0.25) is 0 Å². The fourth-order valence-electron chi connectivity index (χ4n) is 1.46. The number of ether oxygens (including phenoxy) is 1. The smallest absolute Gasteiger partial charge is 0.150 e. The van der Waals surface area contributed by atoms with Gasteiger partial charge in [0, 0.05) is 5.56 Å². The Kier molecular flexibility index (Phi) is 4.95. The molecule has 0 aliphatic carbocycles. The van der Waals surface area contributed by atoms with Crippen molar-refractivity contribution in [2.45, 2.75) is 26.0 Å². The number of aldehydes is 1. The maximum atomic E-state index is 10.6. The largest absolute Gasteiger partial charge is 0.496 e. The van der Waals surface area contributed by atoms with Gasteiger partial charge in [-0.05, 0) is 11.6 Å². The summed E-state index contributed by atoms with van der Waals surface area (Å²) in [5.41, 5.74) is 1.79. The molecular formula is C12H16BO2. The molecule has 1 aromatic carbocycles. The van der Waals surface area contributed by atoms with E-state index in [1.807, 2.05) is 12.1 Å². The molecule has 2 nitrogen and oxygen atoms in total. The maximum absolute atomic E-state index is 10.6. The van der Waals surface area contributed by atoms with Crippen molar-refractivity contribution in [3.63, 3.8) is 0 Å². The van der Waals surface area contributed by atoms with Gasteiger partial charge >= 0.3 is 0 Å². The standard InChI is InChI=1S/C12H16BO2/c1-3-6-13-8-11-5-4-10(9-14)7-12(11)15-2/h4-5,7,9H,3,6,8H2,1-2H3. The van der Waals surface area contributed by atoms with Gasteiger partial charge in [-0.3, -0.25) is 4.79 Å². The molecule has 0 saturated heterocycles. The van der Waals surface area contributed by atoms with Crippen LogP contribution < -0.4 is 4.74 Å². The van der Waals surface area contributed by atoms with Gasteiger partial charge in [0.25, 0.3) is 0 Å². The Morgan fingerprint density at radius 3 is 2.87 bits per heavy atom. The summed E-state index contributed by atoms with van der Waals surface area (Å²) in [5, 5.41) is 0. The molecule has 0 saturated carbocycles. The zero-order valence-electron chi connectivity index (χ0n) is 9.32. The normalized spacial score (nSPS) is 9.73. The minimum atomic E-state index is 0.658. The van der Waals surface area contributed by atoms with Gasteiger partial charge in [-0.15, -0.1) is 0 Å². The van der Waals surface area contributed by atoms with E-state index in [0.29, 0.717) is 5.56 Å². The van der Waals surface area contributed by atoms with E-state index in [1.54, 1.807) is 13.2 Å². The van der Waals surface area contributed by atoms with E-state index in [4.69, 9.17) is 4.74 Å². The Bertz CT molecular complexity index is 323. The molecule has 0 heterocycles. The highest BCUT2D eigenvalue weighted by atomic mass is 16.5. The van der Waals surface area contributed by atoms with Crippen LogP contribution in [0.15, 0.2) is 18.2 Å². The topological polar surface area (TPSA) is 26.3 Å². The van der Waals surface area contributed by atoms with Gasteiger partial charge in [0.05, 0.1) is 7.11 Å². The SMILES string of the molecule is CCC[B]Cc1ccc(C=O)cc1OC. The summed E-state index contributed by atoms with van der Waals surface area (Å²) in [7, 11) is 3.87. The van der Waals surface area contributed by atoms with Crippen molar-refractivity contribution in [1.29, 1.82) is 0 Å². The van der Waals surface area contributed by atoms with Crippen LogP contribution in [0.1, 0.15) is 29.3 Å². The van der Waals surface area contributed by atoms with E-state index < -0.39 is 0 Å². The number of rotatable bonds is 6. The third-order valence-corrected chi connectivity index (χ3v) is 2.30. The molecule has 0 aromatic heterocycles. The Morgan fingerprint density at radius 1 is 1.47 bits per heavy atom. The molecule has 0 amide bonds. The van der Waals surface area contributed by atoms with Crippen LogP contribution in [0.3, 0.4) is 0 Å². The Morgan fingerprint density at radius 2 is 2.27 bits per heavy atom. The second-order valence-corrected chi connectivity index (χ2v) is 3.47. The molecule has 15 heavy (non-hydrogen) atoms. The van der Waals surface area contributed by atoms with Crippen LogP contribution in [0.2, 0.25) is 6.32 Å². The van der Waals surface area contributed by atoms with Crippen molar-refractivity contribution < 1.29 is 9.53 Å². The number of carbonyl (C=O) groups is 1. The first-order chi connectivity index (χ1) is 7.31. The minimum absolute atomic E-state index is 0.658. The summed E-state index contributed by atoms with van der Waals surface area (Å²) in [6, 6.07) is 5.56. The van der Waals surface area contributed by atoms with Crippen molar-refractivity contribution in [2.75, 3.05) is 7.11 Å². The summed E-state index contributed by atoms with van der Waals surface area (Å²) in [6.45, 7) is 2.16. The molecule has 0 N–H and O–H groups in total. The molecule has 0 spiro atoms. The van der Waals surface area contributed by atoms with Crippen molar-refractivity contribution in [3.8, 4) is 5.75 Å². The van der Waals surface area contributed by atoms with Gasteiger partial charge in [-0.25, -0.2) is 0 Å². The fourth-order valence-corrected chi connectivity index (χ4v) is 1.46. The predicted molar refractivity (Wildman–Crippen MR) is 62.9 cm³/mol. The lowest BCUT2D eigenvalue weighted by molar-refractivity contribution is 0.112. The zero-order valence-corrected chi connectivity index (χ0v) is 9.32. The molecule has 0 aliphatic heterocycles. The molecular weight excluding hydrogens is 187 g/mol. The zero-order chi connectivity index (χ0) is 11.1. The molecule has 0 aliphatic rings. The minimum Gasteiger partial charge on any atom is -0.496 e. The molecule has 0 bridgehead atoms. The monoisotopic (exact) mass is 203 g/mol. The van der Waals surface area contributed by atoms with Crippen molar-refractivity contribution in [1.82, 2.24) is 0 Å². The third-order valence-electron chi connectivity index (χ3n) is 2.30. The number of hydrogen-bond acceptors (Lipinski definition) is 2. The summed E-state index contributed by atoms with van der Waals surface area (Å²) in [6.07, 6.45) is 4.01. The van der Waals surface area contributed by atoms with Crippen LogP contribution in [0.25, 0.3) is 0 Å². The Balaban J connectivity index is 2.73. The first kappa shape index (κ1) is 11.8. The number of methoxy groups -OCH3 is 1. The average Bonchev–Trinajstić information content (AvgIpc) is 2.29. The Hall–Kier alpha value is -1.25. The lowest BCUT2D eigenvalue weighted by Gasteiger charge is -2.08. The van der Waals surface area contributed by atoms with Crippen molar-refractivity contribution in [2.24, 2.45) is 0 Å². The molecule has 0 atom stereocenters. The third kappa shape index (κ3) is 3.42. The predicted octanol–water partition coefficient (Wildman–Crippen LogP) is 2.54. The van der Waals surface area contributed by atoms with Crippen molar-refractivity contribution in [3.05, 3.63) is 29.3 Å². The molecule has 0 unspecified atom stereocenters. The molecule has 1 aromatic rings. The molecule has 79 valence electrons. The summed E-state index contributed by atoms with van der Waals surface area (Å²) >= 11 is 0. The van der Waals surface area contributed by atoms with E-state index in [2.05, 4.69) is 14.2 Å².